The molecule has 0 aromatic rings. The van der Waals surface area contributed by atoms with Crippen LogP contribution in [0.5, 0.6) is 0 Å². The Balaban J connectivity index is 2.08. The van der Waals surface area contributed by atoms with Crippen molar-refractivity contribution in [3.8, 4) is 0 Å². The van der Waals surface area contributed by atoms with Gasteiger partial charge in [0.1, 0.15) is 5.60 Å². The van der Waals surface area contributed by atoms with Crippen molar-refractivity contribution < 1.29 is 19.1 Å². The van der Waals surface area contributed by atoms with Gasteiger partial charge >= 0.3 is 5.97 Å². The molecule has 0 aromatic carbocycles. The smallest absolute Gasteiger partial charge is 0.324 e. The average molecular weight is 266 g/mol. The Morgan fingerprint density at radius 2 is 1.95 bits per heavy atom. The van der Waals surface area contributed by atoms with Crippen LogP contribution in [-0.2, 0) is 19.1 Å². The van der Waals surface area contributed by atoms with Crippen LogP contribution >= 0.6 is 0 Å². The fourth-order valence-electron chi connectivity index (χ4n) is 3.13. The molecule has 0 amide bonds. The van der Waals surface area contributed by atoms with Gasteiger partial charge in [0.05, 0.1) is 0 Å². The van der Waals surface area contributed by atoms with E-state index in [0.717, 1.165) is 25.7 Å². The number of carbonyl (C=O) groups excluding carboxylic acids is 3. The lowest BCUT2D eigenvalue weighted by atomic mass is 9.73. The summed E-state index contributed by atoms with van der Waals surface area (Å²) in [5, 5.41) is 0. The van der Waals surface area contributed by atoms with Crippen molar-refractivity contribution in [3.63, 3.8) is 0 Å². The van der Waals surface area contributed by atoms with Gasteiger partial charge in [-0.15, -0.1) is 0 Å². The molecule has 106 valence electrons. The summed E-state index contributed by atoms with van der Waals surface area (Å²) < 4.78 is 5.53. The van der Waals surface area contributed by atoms with Gasteiger partial charge in [0.2, 0.25) is 0 Å². The Bertz CT molecular complexity index is 371. The third-order valence-electron chi connectivity index (χ3n) is 4.38. The third-order valence-corrected chi connectivity index (χ3v) is 4.38. The SMILES string of the molecule is CCCC(=O)C1C(=O)CC2(CCC(C)CC2)OC1=O. The van der Waals surface area contributed by atoms with Crippen molar-refractivity contribution in [1.29, 1.82) is 0 Å². The highest BCUT2D eigenvalue weighted by atomic mass is 16.6. The summed E-state index contributed by atoms with van der Waals surface area (Å²) in [4.78, 5) is 36.0. The van der Waals surface area contributed by atoms with Crippen molar-refractivity contribution in [2.24, 2.45) is 11.8 Å². The van der Waals surface area contributed by atoms with E-state index >= 15 is 0 Å². The Morgan fingerprint density at radius 3 is 2.47 bits per heavy atom. The molecule has 0 N–H and O–H groups in total. The van der Waals surface area contributed by atoms with Crippen LogP contribution in [0.3, 0.4) is 0 Å². The number of esters is 1. The molecule has 1 saturated heterocycles. The minimum absolute atomic E-state index is 0.228. The molecule has 0 bridgehead atoms. The number of carbonyl (C=O) groups is 3. The molecule has 2 aliphatic rings. The van der Waals surface area contributed by atoms with E-state index in [4.69, 9.17) is 4.74 Å². The minimum atomic E-state index is -1.15. The first-order chi connectivity index (χ1) is 8.97. The Labute approximate surface area is 113 Å². The predicted molar refractivity (Wildman–Crippen MR) is 69.5 cm³/mol. The van der Waals surface area contributed by atoms with Gasteiger partial charge in [-0.3, -0.25) is 14.4 Å². The molecule has 2 rings (SSSR count). The molecule has 0 radical (unpaired) electrons. The van der Waals surface area contributed by atoms with Crippen molar-refractivity contribution in [2.45, 2.75) is 64.4 Å². The summed E-state index contributed by atoms with van der Waals surface area (Å²) in [5.74, 6) is -1.64. The second kappa shape index (κ2) is 5.43. The predicted octanol–water partition coefficient (Wildman–Crippen LogP) is 2.44. The fraction of sp³-hybridized carbons (Fsp3) is 0.800. The summed E-state index contributed by atoms with van der Waals surface area (Å²) in [5.41, 5.74) is -0.607. The van der Waals surface area contributed by atoms with Gasteiger partial charge in [0.15, 0.2) is 17.5 Å². The van der Waals surface area contributed by atoms with Crippen LogP contribution in [0.25, 0.3) is 0 Å². The molecular weight excluding hydrogens is 244 g/mol. The summed E-state index contributed by atoms with van der Waals surface area (Å²) in [6, 6.07) is 0. The maximum Gasteiger partial charge on any atom is 0.324 e. The molecule has 0 aromatic heterocycles. The van der Waals surface area contributed by atoms with E-state index in [-0.39, 0.29) is 24.4 Å². The van der Waals surface area contributed by atoms with Gasteiger partial charge in [-0.1, -0.05) is 13.8 Å². The topological polar surface area (TPSA) is 60.4 Å². The summed E-state index contributed by atoms with van der Waals surface area (Å²) in [6.45, 7) is 4.04. The molecule has 1 spiro atoms. The monoisotopic (exact) mass is 266 g/mol. The molecule has 4 heteroatoms. The van der Waals surface area contributed by atoms with Crippen LogP contribution < -0.4 is 0 Å². The normalized spacial score (nSPS) is 35.3. The minimum Gasteiger partial charge on any atom is -0.458 e. The second-order valence-corrected chi connectivity index (χ2v) is 6.08. The van der Waals surface area contributed by atoms with E-state index in [1.807, 2.05) is 6.92 Å². The van der Waals surface area contributed by atoms with Crippen LogP contribution in [0.4, 0.5) is 0 Å². The van der Waals surface area contributed by atoms with Gasteiger partial charge in [0, 0.05) is 12.8 Å². The van der Waals surface area contributed by atoms with Crippen molar-refractivity contribution >= 4 is 17.5 Å². The first kappa shape index (κ1) is 14.2. The lowest BCUT2D eigenvalue weighted by Crippen LogP contribution is -2.51. The van der Waals surface area contributed by atoms with E-state index < -0.39 is 17.5 Å². The first-order valence-corrected chi connectivity index (χ1v) is 7.26. The highest BCUT2D eigenvalue weighted by molar-refractivity contribution is 6.18. The number of hydrogen-bond acceptors (Lipinski definition) is 4. The van der Waals surface area contributed by atoms with Gasteiger partial charge in [0.25, 0.3) is 0 Å². The van der Waals surface area contributed by atoms with Crippen LogP contribution in [-0.4, -0.2) is 23.1 Å². The van der Waals surface area contributed by atoms with E-state index in [9.17, 15) is 14.4 Å². The van der Waals surface area contributed by atoms with Crippen molar-refractivity contribution in [2.75, 3.05) is 0 Å². The third kappa shape index (κ3) is 2.88. The summed E-state index contributed by atoms with van der Waals surface area (Å²) in [7, 11) is 0. The zero-order chi connectivity index (χ0) is 14.0. The zero-order valence-electron chi connectivity index (χ0n) is 11.7. The highest BCUT2D eigenvalue weighted by Crippen LogP contribution is 2.41. The van der Waals surface area contributed by atoms with Gasteiger partial charge in [-0.05, 0) is 38.0 Å². The Hall–Kier alpha value is -1.19. The fourth-order valence-corrected chi connectivity index (χ4v) is 3.13. The lowest BCUT2D eigenvalue weighted by Gasteiger charge is -2.42. The number of ether oxygens (including phenoxy) is 1. The van der Waals surface area contributed by atoms with Crippen LogP contribution in [0.15, 0.2) is 0 Å². The first-order valence-electron chi connectivity index (χ1n) is 7.26. The largest absolute Gasteiger partial charge is 0.458 e. The van der Waals surface area contributed by atoms with Gasteiger partial charge in [-0.2, -0.15) is 0 Å². The van der Waals surface area contributed by atoms with Gasteiger partial charge < -0.3 is 4.74 Å². The Kier molecular flexibility index (Phi) is 4.07. The molecule has 4 nitrogen and oxygen atoms in total. The maximum absolute atomic E-state index is 12.2. The summed E-state index contributed by atoms with van der Waals surface area (Å²) in [6.07, 6.45) is 4.61. The van der Waals surface area contributed by atoms with Crippen LogP contribution in [0.1, 0.15) is 58.8 Å². The average Bonchev–Trinajstić information content (AvgIpc) is 2.33. The number of Topliss-reactive ketones (excluding diaryl/α,β-unsaturated/α-hetero) is 2. The molecule has 1 saturated carbocycles. The van der Waals surface area contributed by atoms with E-state index in [0.29, 0.717) is 12.3 Å². The maximum atomic E-state index is 12.2. The van der Waals surface area contributed by atoms with Crippen LogP contribution in [0, 0.1) is 11.8 Å². The second-order valence-electron chi connectivity index (χ2n) is 6.08. The highest BCUT2D eigenvalue weighted by Gasteiger charge is 2.49. The van der Waals surface area contributed by atoms with E-state index in [2.05, 4.69) is 6.92 Å². The standard InChI is InChI=1S/C15H22O4/c1-3-4-11(16)13-12(17)9-15(19-14(13)18)7-5-10(2)6-8-15/h10,13H,3-9H2,1-2H3. The quantitative estimate of drug-likeness (QED) is 0.581. The molecule has 2 fully saturated rings. The van der Waals surface area contributed by atoms with Crippen molar-refractivity contribution in [1.82, 2.24) is 0 Å². The van der Waals surface area contributed by atoms with Crippen LogP contribution in [0.2, 0.25) is 0 Å². The zero-order valence-corrected chi connectivity index (χ0v) is 11.7. The molecular formula is C15H22O4. The van der Waals surface area contributed by atoms with Crippen molar-refractivity contribution in [3.05, 3.63) is 0 Å². The molecule has 1 heterocycles. The van der Waals surface area contributed by atoms with Gasteiger partial charge in [-0.25, -0.2) is 0 Å². The van der Waals surface area contributed by atoms with E-state index in [1.54, 1.807) is 0 Å². The summed E-state index contributed by atoms with van der Waals surface area (Å²) >= 11 is 0. The molecule has 1 unspecified atom stereocenters. The molecule has 19 heavy (non-hydrogen) atoms. The molecule has 1 aliphatic carbocycles. The Morgan fingerprint density at radius 1 is 1.32 bits per heavy atom. The van der Waals surface area contributed by atoms with E-state index in [1.165, 1.54) is 0 Å². The number of ketones is 2. The number of rotatable bonds is 3. The number of hydrogen-bond donors (Lipinski definition) is 0. The lowest BCUT2D eigenvalue weighted by molar-refractivity contribution is -0.182. The molecule has 1 aliphatic heterocycles. The molecule has 1 atom stereocenters.